The second kappa shape index (κ2) is 8.16. The van der Waals surface area contributed by atoms with Crippen molar-refractivity contribution in [3.63, 3.8) is 0 Å². The maximum absolute atomic E-state index is 12.5. The van der Waals surface area contributed by atoms with Crippen molar-refractivity contribution in [3.05, 3.63) is 40.9 Å². The Labute approximate surface area is 142 Å². The first-order valence-corrected chi connectivity index (χ1v) is 8.41. The van der Waals surface area contributed by atoms with E-state index in [0.717, 1.165) is 30.4 Å². The molecule has 1 saturated heterocycles. The SMILES string of the molecule is CC/C(=C\C(=O)N1CCC(CC(N)=O)CC1)c1cccc(Cl)c1. The lowest BCUT2D eigenvalue weighted by atomic mass is 9.93. The molecule has 1 aromatic rings. The topological polar surface area (TPSA) is 63.4 Å². The molecular formula is C18H23ClN2O2. The van der Waals surface area contributed by atoms with Gasteiger partial charge in [-0.25, -0.2) is 0 Å². The lowest BCUT2D eigenvalue weighted by molar-refractivity contribution is -0.127. The predicted molar refractivity (Wildman–Crippen MR) is 92.8 cm³/mol. The van der Waals surface area contributed by atoms with E-state index in [9.17, 15) is 9.59 Å². The van der Waals surface area contributed by atoms with E-state index in [-0.39, 0.29) is 11.8 Å². The molecular weight excluding hydrogens is 312 g/mol. The highest BCUT2D eigenvalue weighted by atomic mass is 35.5. The third-order valence-electron chi connectivity index (χ3n) is 4.29. The summed E-state index contributed by atoms with van der Waals surface area (Å²) >= 11 is 6.03. The van der Waals surface area contributed by atoms with Gasteiger partial charge in [0, 0.05) is 30.6 Å². The molecule has 2 amide bonds. The number of hydrogen-bond acceptors (Lipinski definition) is 2. The Kier molecular flexibility index (Phi) is 6.22. The number of halogens is 1. The van der Waals surface area contributed by atoms with Crippen LogP contribution in [0.25, 0.3) is 5.57 Å². The first-order chi connectivity index (χ1) is 11.0. The van der Waals surface area contributed by atoms with Gasteiger partial charge in [-0.05, 0) is 48.4 Å². The van der Waals surface area contributed by atoms with Gasteiger partial charge in [0.25, 0.3) is 0 Å². The number of carbonyl (C=O) groups is 2. The third kappa shape index (κ3) is 5.10. The molecule has 1 heterocycles. The molecule has 0 atom stereocenters. The largest absolute Gasteiger partial charge is 0.370 e. The number of nitrogens with zero attached hydrogens (tertiary/aromatic N) is 1. The van der Waals surface area contributed by atoms with Crippen LogP contribution in [0.15, 0.2) is 30.3 Å². The Balaban J connectivity index is 2.01. The van der Waals surface area contributed by atoms with E-state index in [0.29, 0.717) is 30.5 Å². The average molecular weight is 335 g/mol. The molecule has 2 rings (SSSR count). The molecule has 124 valence electrons. The summed E-state index contributed by atoms with van der Waals surface area (Å²) in [5, 5.41) is 0.668. The summed E-state index contributed by atoms with van der Waals surface area (Å²) in [4.78, 5) is 25.3. The fourth-order valence-electron chi connectivity index (χ4n) is 2.96. The molecule has 2 N–H and O–H groups in total. The zero-order chi connectivity index (χ0) is 16.8. The third-order valence-corrected chi connectivity index (χ3v) is 4.53. The Morgan fingerprint density at radius 3 is 2.61 bits per heavy atom. The molecule has 0 aliphatic carbocycles. The Morgan fingerprint density at radius 1 is 1.35 bits per heavy atom. The van der Waals surface area contributed by atoms with Crippen molar-refractivity contribution in [2.24, 2.45) is 11.7 Å². The van der Waals surface area contributed by atoms with E-state index >= 15 is 0 Å². The molecule has 0 bridgehead atoms. The molecule has 5 heteroatoms. The number of hydrogen-bond donors (Lipinski definition) is 1. The van der Waals surface area contributed by atoms with Gasteiger partial charge < -0.3 is 10.6 Å². The van der Waals surface area contributed by atoms with Crippen LogP contribution in [0.4, 0.5) is 0 Å². The van der Waals surface area contributed by atoms with E-state index in [4.69, 9.17) is 17.3 Å². The Bertz CT molecular complexity index is 605. The van der Waals surface area contributed by atoms with E-state index in [1.807, 2.05) is 36.1 Å². The molecule has 1 aliphatic heterocycles. The number of primary amides is 1. The molecule has 4 nitrogen and oxygen atoms in total. The van der Waals surface area contributed by atoms with Crippen LogP contribution in [-0.4, -0.2) is 29.8 Å². The Hall–Kier alpha value is -1.81. The van der Waals surface area contributed by atoms with E-state index < -0.39 is 0 Å². The van der Waals surface area contributed by atoms with Crippen molar-refractivity contribution in [2.45, 2.75) is 32.6 Å². The number of allylic oxidation sites excluding steroid dienone is 1. The van der Waals surface area contributed by atoms with Crippen molar-refractivity contribution in [1.82, 2.24) is 4.90 Å². The van der Waals surface area contributed by atoms with Crippen LogP contribution in [0.5, 0.6) is 0 Å². The van der Waals surface area contributed by atoms with Crippen molar-refractivity contribution in [2.75, 3.05) is 13.1 Å². The first kappa shape index (κ1) is 17.5. The van der Waals surface area contributed by atoms with Gasteiger partial charge in [-0.1, -0.05) is 30.7 Å². The quantitative estimate of drug-likeness (QED) is 0.840. The maximum atomic E-state index is 12.5. The summed E-state index contributed by atoms with van der Waals surface area (Å²) in [6.45, 7) is 3.39. The second-order valence-electron chi connectivity index (χ2n) is 5.97. The molecule has 1 aromatic carbocycles. The maximum Gasteiger partial charge on any atom is 0.246 e. The predicted octanol–water partition coefficient (Wildman–Crippen LogP) is 3.25. The number of nitrogens with two attached hydrogens (primary N) is 1. The normalized spacial score (nSPS) is 16.4. The van der Waals surface area contributed by atoms with Crippen LogP contribution >= 0.6 is 11.6 Å². The summed E-state index contributed by atoms with van der Waals surface area (Å²) in [5.74, 6) is 0.0716. The van der Waals surface area contributed by atoms with Gasteiger partial charge in [0.1, 0.15) is 0 Å². The zero-order valence-corrected chi connectivity index (χ0v) is 14.2. The van der Waals surface area contributed by atoms with Crippen LogP contribution in [0, 0.1) is 5.92 Å². The minimum absolute atomic E-state index is 0.0272. The number of carbonyl (C=O) groups excluding carboxylic acids is 2. The summed E-state index contributed by atoms with van der Waals surface area (Å²) < 4.78 is 0. The average Bonchev–Trinajstić information content (AvgIpc) is 2.52. The van der Waals surface area contributed by atoms with Gasteiger partial charge >= 0.3 is 0 Å². The van der Waals surface area contributed by atoms with E-state index in [1.54, 1.807) is 6.08 Å². The van der Waals surface area contributed by atoms with Gasteiger partial charge in [-0.2, -0.15) is 0 Å². The minimum atomic E-state index is -0.260. The highest BCUT2D eigenvalue weighted by Crippen LogP contribution is 2.24. The monoisotopic (exact) mass is 334 g/mol. The number of amides is 2. The van der Waals surface area contributed by atoms with Crippen molar-refractivity contribution in [3.8, 4) is 0 Å². The minimum Gasteiger partial charge on any atom is -0.370 e. The van der Waals surface area contributed by atoms with Crippen LogP contribution in [0.3, 0.4) is 0 Å². The van der Waals surface area contributed by atoms with Gasteiger partial charge in [0.15, 0.2) is 0 Å². The van der Waals surface area contributed by atoms with E-state index in [1.165, 1.54) is 0 Å². The fourth-order valence-corrected chi connectivity index (χ4v) is 3.15. The van der Waals surface area contributed by atoms with Gasteiger partial charge in [0.2, 0.25) is 11.8 Å². The van der Waals surface area contributed by atoms with Crippen LogP contribution in [0.2, 0.25) is 5.02 Å². The van der Waals surface area contributed by atoms with Gasteiger partial charge in [-0.15, -0.1) is 0 Å². The zero-order valence-electron chi connectivity index (χ0n) is 13.4. The fraction of sp³-hybridized carbons (Fsp3) is 0.444. The van der Waals surface area contributed by atoms with Crippen LogP contribution in [-0.2, 0) is 9.59 Å². The van der Waals surface area contributed by atoms with Crippen molar-refractivity contribution >= 4 is 29.0 Å². The van der Waals surface area contributed by atoms with Gasteiger partial charge in [0.05, 0.1) is 0 Å². The lowest BCUT2D eigenvalue weighted by Crippen LogP contribution is -2.38. The van der Waals surface area contributed by atoms with Crippen LogP contribution in [0.1, 0.15) is 38.2 Å². The smallest absolute Gasteiger partial charge is 0.246 e. The molecule has 1 aliphatic rings. The standard InChI is InChI=1S/C18H23ClN2O2/c1-2-14(15-4-3-5-16(19)11-15)12-18(23)21-8-6-13(7-9-21)10-17(20)22/h3-5,11-13H,2,6-10H2,1H3,(H2,20,22)/b14-12+. The summed E-state index contributed by atoms with van der Waals surface area (Å²) in [6.07, 6.45) is 4.56. The summed E-state index contributed by atoms with van der Waals surface area (Å²) in [6, 6.07) is 7.56. The lowest BCUT2D eigenvalue weighted by Gasteiger charge is -2.31. The first-order valence-electron chi connectivity index (χ1n) is 8.03. The molecule has 0 unspecified atom stereocenters. The van der Waals surface area contributed by atoms with E-state index in [2.05, 4.69) is 0 Å². The molecule has 0 saturated carbocycles. The highest BCUT2D eigenvalue weighted by molar-refractivity contribution is 6.30. The molecule has 23 heavy (non-hydrogen) atoms. The van der Waals surface area contributed by atoms with Crippen LogP contribution < -0.4 is 5.73 Å². The number of rotatable bonds is 5. The number of piperidine rings is 1. The highest BCUT2D eigenvalue weighted by Gasteiger charge is 2.23. The van der Waals surface area contributed by atoms with Gasteiger partial charge in [-0.3, -0.25) is 9.59 Å². The summed E-state index contributed by atoms with van der Waals surface area (Å²) in [7, 11) is 0. The molecule has 0 aromatic heterocycles. The van der Waals surface area contributed by atoms with Crippen molar-refractivity contribution in [1.29, 1.82) is 0 Å². The summed E-state index contributed by atoms with van der Waals surface area (Å²) in [5.41, 5.74) is 7.20. The molecule has 0 radical (unpaired) electrons. The number of benzene rings is 1. The number of likely N-dealkylation sites (tertiary alicyclic amines) is 1. The second-order valence-corrected chi connectivity index (χ2v) is 6.41. The molecule has 0 spiro atoms. The van der Waals surface area contributed by atoms with Crippen molar-refractivity contribution < 1.29 is 9.59 Å². The molecule has 1 fully saturated rings. The Morgan fingerprint density at radius 2 is 2.04 bits per heavy atom.